The van der Waals surface area contributed by atoms with Crippen LogP contribution in [0.25, 0.3) is 0 Å². The van der Waals surface area contributed by atoms with Gasteiger partial charge in [-0.1, -0.05) is 12.1 Å². The molecule has 9 nitrogen and oxygen atoms in total. The van der Waals surface area contributed by atoms with E-state index in [1.165, 1.54) is 4.90 Å². The third kappa shape index (κ3) is 4.08. The van der Waals surface area contributed by atoms with Gasteiger partial charge in [0.05, 0.1) is 11.4 Å². The van der Waals surface area contributed by atoms with Crippen LogP contribution in [0, 0.1) is 13.8 Å². The highest BCUT2D eigenvalue weighted by Gasteiger charge is 2.32. The van der Waals surface area contributed by atoms with Crippen LogP contribution in [0.4, 0.5) is 5.69 Å². The zero-order valence-electron chi connectivity index (χ0n) is 15.4. The number of aromatic nitrogens is 2. The Morgan fingerprint density at radius 3 is 2.48 bits per heavy atom. The minimum absolute atomic E-state index is 0.0176. The number of anilines is 1. The second-order valence-electron chi connectivity index (χ2n) is 6.33. The van der Waals surface area contributed by atoms with E-state index in [2.05, 4.69) is 16.0 Å². The van der Waals surface area contributed by atoms with E-state index in [4.69, 9.17) is 4.74 Å². The summed E-state index contributed by atoms with van der Waals surface area (Å²) in [5.74, 6) is -0.727. The van der Waals surface area contributed by atoms with Crippen molar-refractivity contribution in [1.29, 1.82) is 0 Å². The number of nitrogens with one attached hydrogen (secondary N) is 2. The van der Waals surface area contributed by atoms with E-state index in [1.807, 2.05) is 19.9 Å². The monoisotopic (exact) mass is 371 g/mol. The molecule has 0 saturated heterocycles. The van der Waals surface area contributed by atoms with Gasteiger partial charge in [0.1, 0.15) is 18.8 Å². The first-order chi connectivity index (χ1) is 12.8. The number of hydrogen-bond acceptors (Lipinski definition) is 5. The normalized spacial score (nSPS) is 15.7. The van der Waals surface area contributed by atoms with Gasteiger partial charge in [0.15, 0.2) is 6.10 Å². The summed E-state index contributed by atoms with van der Waals surface area (Å²) in [7, 11) is 0. The summed E-state index contributed by atoms with van der Waals surface area (Å²) in [6.45, 7) is 5.05. The number of ether oxygens (including phenoxy) is 1. The zero-order valence-corrected chi connectivity index (χ0v) is 15.4. The van der Waals surface area contributed by atoms with E-state index in [1.54, 1.807) is 35.9 Å². The first-order valence-corrected chi connectivity index (χ1v) is 8.51. The second kappa shape index (κ2) is 7.48. The Hall–Kier alpha value is -3.36. The Morgan fingerprint density at radius 1 is 1.15 bits per heavy atom. The number of amides is 3. The molecular formula is C18H21N5O4. The van der Waals surface area contributed by atoms with Crippen molar-refractivity contribution in [2.45, 2.75) is 33.4 Å². The summed E-state index contributed by atoms with van der Waals surface area (Å²) >= 11 is 0. The first-order valence-electron chi connectivity index (χ1n) is 8.51. The topological polar surface area (TPSA) is 106 Å². The molecule has 0 fully saturated rings. The molecule has 1 aromatic carbocycles. The van der Waals surface area contributed by atoms with Crippen molar-refractivity contribution in [2.75, 3.05) is 11.4 Å². The quantitative estimate of drug-likeness (QED) is 0.760. The average Bonchev–Trinajstić information content (AvgIpc) is 2.94. The van der Waals surface area contributed by atoms with Gasteiger partial charge < -0.3 is 4.74 Å². The molecule has 1 aliphatic rings. The van der Waals surface area contributed by atoms with Crippen molar-refractivity contribution >= 4 is 23.4 Å². The fourth-order valence-electron chi connectivity index (χ4n) is 2.86. The molecule has 0 spiro atoms. The predicted molar refractivity (Wildman–Crippen MR) is 96.9 cm³/mol. The highest BCUT2D eigenvalue weighted by Crippen LogP contribution is 2.33. The minimum Gasteiger partial charge on any atom is -0.479 e. The number of benzene rings is 1. The van der Waals surface area contributed by atoms with E-state index in [9.17, 15) is 14.4 Å². The molecular weight excluding hydrogens is 350 g/mol. The second-order valence-corrected chi connectivity index (χ2v) is 6.33. The maximum absolute atomic E-state index is 12.4. The first kappa shape index (κ1) is 18.4. The molecule has 0 aliphatic carbocycles. The highest BCUT2D eigenvalue weighted by atomic mass is 16.5. The fraction of sp³-hybridized carbons (Fsp3) is 0.333. The van der Waals surface area contributed by atoms with Gasteiger partial charge >= 0.3 is 0 Å². The molecule has 27 heavy (non-hydrogen) atoms. The number of fused-ring (bicyclic) bond motifs is 1. The summed E-state index contributed by atoms with van der Waals surface area (Å²) in [5, 5.41) is 4.19. The molecule has 0 bridgehead atoms. The van der Waals surface area contributed by atoms with Crippen molar-refractivity contribution in [3.8, 4) is 5.75 Å². The van der Waals surface area contributed by atoms with E-state index >= 15 is 0 Å². The molecule has 2 aromatic rings. The molecule has 1 aliphatic heterocycles. The molecule has 1 atom stereocenters. The van der Waals surface area contributed by atoms with Gasteiger partial charge in [0.2, 0.25) is 0 Å². The Morgan fingerprint density at radius 2 is 1.81 bits per heavy atom. The molecule has 3 amide bonds. The van der Waals surface area contributed by atoms with Crippen LogP contribution in [-0.2, 0) is 20.9 Å². The predicted octanol–water partition coefficient (Wildman–Crippen LogP) is 0.461. The lowest BCUT2D eigenvalue weighted by Crippen LogP contribution is -2.52. The number of nitrogens with zero attached hydrogens (tertiary/aromatic N) is 3. The van der Waals surface area contributed by atoms with Crippen LogP contribution in [0.1, 0.15) is 18.3 Å². The summed E-state index contributed by atoms with van der Waals surface area (Å²) in [6.07, 6.45) is -0.687. The van der Waals surface area contributed by atoms with E-state index in [-0.39, 0.29) is 19.0 Å². The Bertz CT molecular complexity index is 892. The van der Waals surface area contributed by atoms with Crippen molar-refractivity contribution < 1.29 is 19.1 Å². The van der Waals surface area contributed by atoms with Crippen LogP contribution in [0.15, 0.2) is 30.3 Å². The summed E-state index contributed by atoms with van der Waals surface area (Å²) in [5.41, 5.74) is 6.84. The molecule has 9 heteroatoms. The van der Waals surface area contributed by atoms with Crippen LogP contribution in [0.3, 0.4) is 0 Å². The number of hydrazine groups is 1. The lowest BCUT2D eigenvalue weighted by atomic mass is 10.2. The molecule has 2 heterocycles. The smallest absolute Gasteiger partial charge is 0.268 e. The lowest BCUT2D eigenvalue weighted by molar-refractivity contribution is -0.130. The summed E-state index contributed by atoms with van der Waals surface area (Å²) in [4.78, 5) is 37.9. The highest BCUT2D eigenvalue weighted by molar-refractivity contribution is 6.03. The summed E-state index contributed by atoms with van der Waals surface area (Å²) < 4.78 is 7.07. The molecule has 142 valence electrons. The van der Waals surface area contributed by atoms with Gasteiger partial charge in [-0.05, 0) is 39.0 Å². The number of hydrogen-bond donors (Lipinski definition) is 2. The van der Waals surface area contributed by atoms with E-state index < -0.39 is 17.9 Å². The van der Waals surface area contributed by atoms with Crippen molar-refractivity contribution in [3.05, 3.63) is 41.7 Å². The Kier molecular flexibility index (Phi) is 5.11. The maximum atomic E-state index is 12.4. The van der Waals surface area contributed by atoms with Crippen LogP contribution in [0.5, 0.6) is 5.75 Å². The van der Waals surface area contributed by atoms with Crippen LogP contribution in [0.2, 0.25) is 0 Å². The molecule has 1 aromatic heterocycles. The standard InChI is InChI=1S/C18H21N5O4/c1-11-8-12(2)23(21-11)10-17(25)20-19-16(24)9-22-14-6-4-5-7-15(14)27-13(3)18(22)26/h4-8,13H,9-10H2,1-3H3,(H,19,24)(H,20,25). The van der Waals surface area contributed by atoms with Crippen molar-refractivity contribution in [2.24, 2.45) is 0 Å². The molecule has 1 unspecified atom stereocenters. The van der Waals surface area contributed by atoms with E-state index in [0.717, 1.165) is 11.4 Å². The fourth-order valence-corrected chi connectivity index (χ4v) is 2.86. The van der Waals surface area contributed by atoms with Gasteiger partial charge in [0, 0.05) is 5.69 Å². The van der Waals surface area contributed by atoms with Crippen molar-refractivity contribution in [3.63, 3.8) is 0 Å². The number of rotatable bonds is 4. The number of carbonyl (C=O) groups is 3. The molecule has 3 rings (SSSR count). The average molecular weight is 371 g/mol. The largest absolute Gasteiger partial charge is 0.479 e. The van der Waals surface area contributed by atoms with Crippen LogP contribution in [-0.4, -0.2) is 40.2 Å². The van der Waals surface area contributed by atoms with E-state index in [0.29, 0.717) is 11.4 Å². The number of carbonyl (C=O) groups excluding carboxylic acids is 3. The maximum Gasteiger partial charge on any atom is 0.268 e. The Balaban J connectivity index is 1.58. The lowest BCUT2D eigenvalue weighted by Gasteiger charge is -2.32. The van der Waals surface area contributed by atoms with Gasteiger partial charge in [-0.2, -0.15) is 5.10 Å². The summed E-state index contributed by atoms with van der Waals surface area (Å²) in [6, 6.07) is 8.84. The minimum atomic E-state index is -0.687. The third-order valence-electron chi connectivity index (χ3n) is 4.11. The van der Waals surface area contributed by atoms with Gasteiger partial charge in [-0.15, -0.1) is 0 Å². The Labute approximate surface area is 156 Å². The van der Waals surface area contributed by atoms with Crippen LogP contribution < -0.4 is 20.5 Å². The van der Waals surface area contributed by atoms with Gasteiger partial charge in [0.25, 0.3) is 17.7 Å². The SMILES string of the molecule is Cc1cc(C)n(CC(=O)NNC(=O)CN2C(=O)C(C)Oc3ccccc32)n1. The number of para-hydroxylation sites is 2. The number of aryl methyl sites for hydroxylation is 2. The molecule has 0 radical (unpaired) electrons. The molecule has 0 saturated carbocycles. The van der Waals surface area contributed by atoms with Crippen LogP contribution >= 0.6 is 0 Å². The van der Waals surface area contributed by atoms with Gasteiger partial charge in [-0.3, -0.25) is 34.8 Å². The van der Waals surface area contributed by atoms with Crippen molar-refractivity contribution in [1.82, 2.24) is 20.6 Å². The van der Waals surface area contributed by atoms with Gasteiger partial charge in [-0.25, -0.2) is 0 Å². The molecule has 2 N–H and O–H groups in total. The zero-order chi connectivity index (χ0) is 19.6. The third-order valence-corrected chi connectivity index (χ3v) is 4.11.